The number of fused-ring (bicyclic) bond motifs is 1. The van der Waals surface area contributed by atoms with E-state index in [9.17, 15) is 4.39 Å². The van der Waals surface area contributed by atoms with Gasteiger partial charge in [-0.2, -0.15) is 0 Å². The van der Waals surface area contributed by atoms with Crippen LogP contribution in [0, 0.1) is 0 Å². The van der Waals surface area contributed by atoms with Crippen LogP contribution >= 0.6 is 0 Å². The first-order valence-electron chi connectivity index (χ1n) is 6.45. The van der Waals surface area contributed by atoms with Crippen molar-refractivity contribution >= 4 is 5.88 Å². The maximum absolute atomic E-state index is 13.9. The third-order valence-corrected chi connectivity index (χ3v) is 3.15. The summed E-state index contributed by atoms with van der Waals surface area (Å²) in [5.41, 5.74) is 7.09. The van der Waals surface area contributed by atoms with Crippen molar-refractivity contribution in [3.05, 3.63) is 23.8 Å². The lowest BCUT2D eigenvalue weighted by Gasteiger charge is -2.14. The van der Waals surface area contributed by atoms with Crippen molar-refractivity contribution in [1.82, 2.24) is 5.16 Å². The monoisotopic (exact) mass is 278 g/mol. The minimum absolute atomic E-state index is 0.185. The normalized spacial score (nSPS) is 15.7. The second-order valence-corrected chi connectivity index (χ2v) is 4.67. The number of hydrogen-bond acceptors (Lipinski definition) is 5. The summed E-state index contributed by atoms with van der Waals surface area (Å²) in [5.74, 6) is 1.33. The number of halogens is 1. The summed E-state index contributed by atoms with van der Waals surface area (Å²) in [6.45, 7) is 2.59. The Morgan fingerprint density at radius 2 is 1.90 bits per heavy atom. The van der Waals surface area contributed by atoms with Crippen LogP contribution in [0.5, 0.6) is 11.5 Å². The van der Waals surface area contributed by atoms with Crippen molar-refractivity contribution in [2.45, 2.75) is 19.5 Å². The van der Waals surface area contributed by atoms with Crippen molar-refractivity contribution in [1.29, 1.82) is 0 Å². The molecule has 2 N–H and O–H groups in total. The van der Waals surface area contributed by atoms with Crippen molar-refractivity contribution in [3.63, 3.8) is 0 Å². The highest BCUT2D eigenvalue weighted by atomic mass is 19.1. The second kappa shape index (κ2) is 5.03. The van der Waals surface area contributed by atoms with Crippen LogP contribution in [0.3, 0.4) is 0 Å². The average Bonchev–Trinajstić information content (AvgIpc) is 2.72. The molecule has 1 aromatic carbocycles. The summed E-state index contributed by atoms with van der Waals surface area (Å²) in [6, 6.07) is 4.94. The van der Waals surface area contributed by atoms with Crippen LogP contribution in [-0.2, 0) is 0 Å². The molecular formula is C14H15FN2O3. The molecule has 1 aliphatic heterocycles. The molecule has 2 aromatic rings. The molecule has 5 nitrogen and oxygen atoms in total. The van der Waals surface area contributed by atoms with Gasteiger partial charge in [0.25, 0.3) is 0 Å². The number of benzene rings is 1. The summed E-state index contributed by atoms with van der Waals surface area (Å²) < 4.78 is 29.9. The molecule has 2 heterocycles. The molecule has 20 heavy (non-hydrogen) atoms. The van der Waals surface area contributed by atoms with Gasteiger partial charge in [0.2, 0.25) is 5.88 Å². The fourth-order valence-corrected chi connectivity index (χ4v) is 2.19. The largest absolute Gasteiger partial charge is 0.490 e. The summed E-state index contributed by atoms with van der Waals surface area (Å²) >= 11 is 0. The van der Waals surface area contributed by atoms with Crippen molar-refractivity contribution in [3.8, 4) is 22.8 Å². The van der Waals surface area contributed by atoms with Gasteiger partial charge in [-0.3, -0.25) is 0 Å². The average molecular weight is 278 g/mol. The third kappa shape index (κ3) is 2.29. The molecule has 1 unspecified atom stereocenters. The van der Waals surface area contributed by atoms with E-state index in [0.29, 0.717) is 41.5 Å². The van der Waals surface area contributed by atoms with Gasteiger partial charge in [0, 0.05) is 18.1 Å². The number of nitrogen functional groups attached to an aromatic ring is 1. The first-order valence-corrected chi connectivity index (χ1v) is 6.45. The number of nitrogens with two attached hydrogens (primary N) is 1. The van der Waals surface area contributed by atoms with E-state index in [1.165, 1.54) is 6.92 Å². The Labute approximate surface area is 115 Å². The van der Waals surface area contributed by atoms with Crippen LogP contribution in [0.15, 0.2) is 22.7 Å². The molecule has 3 rings (SSSR count). The molecule has 1 atom stereocenters. The van der Waals surface area contributed by atoms with E-state index >= 15 is 0 Å². The van der Waals surface area contributed by atoms with E-state index in [-0.39, 0.29) is 5.88 Å². The summed E-state index contributed by atoms with van der Waals surface area (Å²) in [6.07, 6.45) is -0.374. The van der Waals surface area contributed by atoms with Gasteiger partial charge in [-0.25, -0.2) is 4.39 Å². The quantitative estimate of drug-likeness (QED) is 0.913. The molecule has 1 aromatic heterocycles. The Bertz CT molecular complexity index is 625. The first kappa shape index (κ1) is 12.8. The number of nitrogens with zero attached hydrogens (tertiary/aromatic N) is 1. The van der Waals surface area contributed by atoms with Crippen molar-refractivity contribution < 1.29 is 18.4 Å². The maximum Gasteiger partial charge on any atom is 0.222 e. The van der Waals surface area contributed by atoms with Crippen LogP contribution in [0.25, 0.3) is 11.3 Å². The molecule has 0 bridgehead atoms. The Kier molecular flexibility index (Phi) is 3.22. The second-order valence-electron chi connectivity index (χ2n) is 4.67. The fraction of sp³-hybridized carbons (Fsp3) is 0.357. The topological polar surface area (TPSA) is 70.5 Å². The zero-order valence-corrected chi connectivity index (χ0v) is 11.1. The highest BCUT2D eigenvalue weighted by Crippen LogP contribution is 2.40. The molecule has 0 radical (unpaired) electrons. The smallest absolute Gasteiger partial charge is 0.222 e. The number of rotatable bonds is 2. The third-order valence-electron chi connectivity index (χ3n) is 3.15. The van der Waals surface area contributed by atoms with Gasteiger partial charge in [0.15, 0.2) is 11.5 Å². The van der Waals surface area contributed by atoms with E-state index in [1.54, 1.807) is 18.2 Å². The number of ether oxygens (including phenoxy) is 2. The molecule has 0 saturated heterocycles. The molecule has 0 aliphatic carbocycles. The first-order chi connectivity index (χ1) is 9.65. The van der Waals surface area contributed by atoms with Crippen LogP contribution in [-0.4, -0.2) is 18.4 Å². The molecule has 6 heteroatoms. The standard InChI is InChI=1S/C14H15FN2O3/c1-8(15)9-5-12-13(19-4-2-3-18-12)6-10(9)11-7-14(16)20-17-11/h5-8H,2-4,16H2,1H3. The highest BCUT2D eigenvalue weighted by Gasteiger charge is 2.20. The van der Waals surface area contributed by atoms with E-state index in [0.717, 1.165) is 6.42 Å². The van der Waals surface area contributed by atoms with Crippen LogP contribution in [0.2, 0.25) is 0 Å². The molecule has 0 spiro atoms. The van der Waals surface area contributed by atoms with E-state index in [2.05, 4.69) is 5.16 Å². The molecule has 106 valence electrons. The van der Waals surface area contributed by atoms with Gasteiger partial charge in [0.1, 0.15) is 11.9 Å². The predicted molar refractivity (Wildman–Crippen MR) is 71.5 cm³/mol. The van der Waals surface area contributed by atoms with Crippen LogP contribution in [0.1, 0.15) is 25.1 Å². The van der Waals surface area contributed by atoms with Gasteiger partial charge < -0.3 is 19.7 Å². The molecule has 0 fully saturated rings. The molecule has 0 amide bonds. The number of hydrogen-bond donors (Lipinski definition) is 1. The number of aromatic nitrogens is 1. The SMILES string of the molecule is CC(F)c1cc2c(cc1-c1cc(N)on1)OCCCO2. The van der Waals surface area contributed by atoms with Crippen LogP contribution < -0.4 is 15.2 Å². The molecular weight excluding hydrogens is 263 g/mol. The Morgan fingerprint density at radius 3 is 2.50 bits per heavy atom. The Balaban J connectivity index is 2.14. The van der Waals surface area contributed by atoms with Crippen LogP contribution in [0.4, 0.5) is 10.3 Å². The minimum Gasteiger partial charge on any atom is -0.490 e. The van der Waals surface area contributed by atoms with Gasteiger partial charge in [0.05, 0.1) is 13.2 Å². The van der Waals surface area contributed by atoms with E-state index in [4.69, 9.17) is 19.7 Å². The Morgan fingerprint density at radius 1 is 1.20 bits per heavy atom. The molecule has 1 aliphatic rings. The maximum atomic E-state index is 13.9. The summed E-state index contributed by atoms with van der Waals surface area (Å²) in [7, 11) is 0. The summed E-state index contributed by atoms with van der Waals surface area (Å²) in [5, 5.41) is 3.84. The number of anilines is 1. The van der Waals surface area contributed by atoms with Gasteiger partial charge >= 0.3 is 0 Å². The fourth-order valence-electron chi connectivity index (χ4n) is 2.19. The number of alkyl halides is 1. The van der Waals surface area contributed by atoms with Gasteiger partial charge in [-0.15, -0.1) is 0 Å². The lowest BCUT2D eigenvalue weighted by molar-refractivity contribution is 0.296. The highest BCUT2D eigenvalue weighted by molar-refractivity contribution is 5.70. The van der Waals surface area contributed by atoms with Crippen molar-refractivity contribution in [2.75, 3.05) is 18.9 Å². The molecule has 0 saturated carbocycles. The zero-order valence-electron chi connectivity index (χ0n) is 11.1. The lowest BCUT2D eigenvalue weighted by atomic mass is 10.00. The summed E-state index contributed by atoms with van der Waals surface area (Å²) in [4.78, 5) is 0. The zero-order chi connectivity index (χ0) is 14.1. The predicted octanol–water partition coefficient (Wildman–Crippen LogP) is 3.12. The van der Waals surface area contributed by atoms with E-state index < -0.39 is 6.17 Å². The Hall–Kier alpha value is -2.24. The lowest BCUT2D eigenvalue weighted by Crippen LogP contribution is -1.97. The minimum atomic E-state index is -1.17. The van der Waals surface area contributed by atoms with Gasteiger partial charge in [-0.05, 0) is 24.6 Å². The van der Waals surface area contributed by atoms with E-state index in [1.807, 2.05) is 0 Å². The van der Waals surface area contributed by atoms with Gasteiger partial charge in [-0.1, -0.05) is 5.16 Å². The van der Waals surface area contributed by atoms with Crippen molar-refractivity contribution in [2.24, 2.45) is 0 Å².